The molecular weight excluding hydrogens is 336 g/mol. The van der Waals surface area contributed by atoms with Crippen LogP contribution in [0.1, 0.15) is 37.3 Å². The summed E-state index contributed by atoms with van der Waals surface area (Å²) in [5, 5.41) is 8.91. The first-order valence-electron chi connectivity index (χ1n) is 9.48. The van der Waals surface area contributed by atoms with E-state index in [1.807, 2.05) is 41.1 Å². The first kappa shape index (κ1) is 17.5. The van der Waals surface area contributed by atoms with Gasteiger partial charge in [0.15, 0.2) is 0 Å². The Morgan fingerprint density at radius 3 is 2.59 bits per heavy atom. The summed E-state index contributed by atoms with van der Waals surface area (Å²) in [5.74, 6) is 0.955. The van der Waals surface area contributed by atoms with Crippen molar-refractivity contribution in [3.63, 3.8) is 0 Å². The van der Waals surface area contributed by atoms with Crippen LogP contribution in [0.4, 0.5) is 0 Å². The Kier molecular flexibility index (Phi) is 5.30. The van der Waals surface area contributed by atoms with Gasteiger partial charge in [0.2, 0.25) is 0 Å². The lowest BCUT2D eigenvalue weighted by Gasteiger charge is -2.31. The predicted octanol–water partition coefficient (Wildman–Crippen LogP) is 4.87. The molecule has 5 heteroatoms. The van der Waals surface area contributed by atoms with E-state index >= 15 is 0 Å². The van der Waals surface area contributed by atoms with Crippen molar-refractivity contribution >= 4 is 11.0 Å². The van der Waals surface area contributed by atoms with Crippen LogP contribution in [0.25, 0.3) is 11.0 Å². The molecule has 0 aliphatic rings. The molecule has 5 nitrogen and oxygen atoms in total. The molecule has 0 aliphatic heterocycles. The lowest BCUT2D eigenvalue weighted by molar-refractivity contribution is 0.139. The van der Waals surface area contributed by atoms with E-state index in [4.69, 9.17) is 4.42 Å². The molecule has 1 atom stereocenters. The largest absolute Gasteiger partial charge is 0.468 e. The van der Waals surface area contributed by atoms with E-state index in [2.05, 4.69) is 52.5 Å². The van der Waals surface area contributed by atoms with Gasteiger partial charge >= 0.3 is 0 Å². The minimum atomic E-state index is -0.0461. The van der Waals surface area contributed by atoms with Crippen LogP contribution < -0.4 is 0 Å². The predicted molar refractivity (Wildman–Crippen MR) is 106 cm³/mol. The minimum absolute atomic E-state index is 0.0461. The van der Waals surface area contributed by atoms with Gasteiger partial charge in [-0.1, -0.05) is 61.0 Å². The second-order valence-electron chi connectivity index (χ2n) is 6.71. The third kappa shape index (κ3) is 3.78. The summed E-state index contributed by atoms with van der Waals surface area (Å²) < 4.78 is 7.68. The fraction of sp³-hybridized carbons (Fsp3) is 0.273. The fourth-order valence-electron chi connectivity index (χ4n) is 3.45. The van der Waals surface area contributed by atoms with E-state index in [1.54, 1.807) is 6.26 Å². The summed E-state index contributed by atoms with van der Waals surface area (Å²) in [7, 11) is 0. The van der Waals surface area contributed by atoms with Crippen molar-refractivity contribution in [3.8, 4) is 0 Å². The molecule has 0 bridgehead atoms. The fourth-order valence-corrected chi connectivity index (χ4v) is 3.45. The molecule has 138 valence electrons. The van der Waals surface area contributed by atoms with E-state index in [1.165, 1.54) is 5.56 Å². The first-order valence-corrected chi connectivity index (χ1v) is 9.48. The Morgan fingerprint density at radius 1 is 1.00 bits per heavy atom. The number of fused-ring (bicyclic) bond motifs is 1. The number of hydrogen-bond donors (Lipinski definition) is 0. The van der Waals surface area contributed by atoms with E-state index in [0.29, 0.717) is 0 Å². The number of nitrogens with zero attached hydrogens (tertiary/aromatic N) is 4. The van der Waals surface area contributed by atoms with Crippen LogP contribution in [-0.4, -0.2) is 26.4 Å². The topological polar surface area (TPSA) is 47.1 Å². The Bertz CT molecular complexity index is 962. The van der Waals surface area contributed by atoms with Gasteiger partial charge in [0, 0.05) is 6.54 Å². The summed E-state index contributed by atoms with van der Waals surface area (Å²) in [6.45, 7) is 3.89. The van der Waals surface area contributed by atoms with Crippen molar-refractivity contribution in [2.75, 3.05) is 6.54 Å². The van der Waals surface area contributed by atoms with Crippen LogP contribution in [0.3, 0.4) is 0 Å². The second kappa shape index (κ2) is 8.18. The highest BCUT2D eigenvalue weighted by molar-refractivity contribution is 5.74. The molecule has 0 amide bonds. The Labute approximate surface area is 159 Å². The normalized spacial score (nSPS) is 12.7. The number of benzene rings is 2. The minimum Gasteiger partial charge on any atom is -0.468 e. The standard InChI is InChI=1S/C22H24N4O/c1-2-3-15-25(17-19-12-9-16-27-19)22(18-10-5-4-6-11-18)26-21-14-8-7-13-20(21)23-24-26/h4-14,16,22H,2-3,15,17H2,1H3. The molecule has 4 aromatic rings. The molecule has 1 unspecified atom stereocenters. The molecule has 2 aromatic heterocycles. The number of hydrogen-bond acceptors (Lipinski definition) is 4. The van der Waals surface area contributed by atoms with E-state index < -0.39 is 0 Å². The number of aromatic nitrogens is 3. The Balaban J connectivity index is 1.80. The Hall–Kier alpha value is -2.92. The van der Waals surface area contributed by atoms with Crippen molar-refractivity contribution < 1.29 is 4.42 Å². The Morgan fingerprint density at radius 2 is 1.81 bits per heavy atom. The maximum atomic E-state index is 5.65. The van der Waals surface area contributed by atoms with Gasteiger partial charge in [0.05, 0.1) is 18.3 Å². The van der Waals surface area contributed by atoms with E-state index in [-0.39, 0.29) is 6.17 Å². The summed E-state index contributed by atoms with van der Waals surface area (Å²) in [6.07, 6.45) is 3.93. The molecule has 0 radical (unpaired) electrons. The number of para-hydroxylation sites is 1. The number of furan rings is 1. The van der Waals surface area contributed by atoms with Gasteiger partial charge < -0.3 is 4.42 Å². The molecule has 0 N–H and O–H groups in total. The third-order valence-corrected chi connectivity index (χ3v) is 4.79. The summed E-state index contributed by atoms with van der Waals surface area (Å²) >= 11 is 0. The van der Waals surface area contributed by atoms with Crippen LogP contribution >= 0.6 is 0 Å². The van der Waals surface area contributed by atoms with Gasteiger partial charge in [0.1, 0.15) is 17.4 Å². The lowest BCUT2D eigenvalue weighted by atomic mass is 10.1. The van der Waals surface area contributed by atoms with Crippen molar-refractivity contribution in [1.29, 1.82) is 0 Å². The zero-order valence-corrected chi connectivity index (χ0v) is 15.5. The molecule has 0 spiro atoms. The van der Waals surface area contributed by atoms with Crippen molar-refractivity contribution in [2.24, 2.45) is 0 Å². The monoisotopic (exact) mass is 360 g/mol. The van der Waals surface area contributed by atoms with Crippen LogP contribution in [-0.2, 0) is 6.54 Å². The summed E-state index contributed by atoms with van der Waals surface area (Å²) in [5.41, 5.74) is 3.13. The van der Waals surface area contributed by atoms with Gasteiger partial charge in [-0.2, -0.15) is 0 Å². The van der Waals surface area contributed by atoms with E-state index in [9.17, 15) is 0 Å². The second-order valence-corrected chi connectivity index (χ2v) is 6.71. The summed E-state index contributed by atoms with van der Waals surface area (Å²) in [6, 6.07) is 22.6. The molecule has 4 rings (SSSR count). The van der Waals surface area contributed by atoms with Crippen LogP contribution in [0.5, 0.6) is 0 Å². The van der Waals surface area contributed by atoms with Crippen LogP contribution in [0.15, 0.2) is 77.4 Å². The maximum Gasteiger partial charge on any atom is 0.132 e. The molecule has 0 saturated carbocycles. The summed E-state index contributed by atoms with van der Waals surface area (Å²) in [4.78, 5) is 2.42. The van der Waals surface area contributed by atoms with Crippen LogP contribution in [0, 0.1) is 0 Å². The zero-order chi connectivity index (χ0) is 18.5. The highest BCUT2D eigenvalue weighted by atomic mass is 16.3. The zero-order valence-electron chi connectivity index (χ0n) is 15.5. The lowest BCUT2D eigenvalue weighted by Crippen LogP contribution is -2.34. The van der Waals surface area contributed by atoms with Crippen LogP contribution in [0.2, 0.25) is 0 Å². The SMILES string of the molecule is CCCCN(Cc1ccco1)C(c1ccccc1)n1nnc2ccccc21. The first-order chi connectivity index (χ1) is 13.4. The highest BCUT2D eigenvalue weighted by Crippen LogP contribution is 2.28. The number of unbranched alkanes of at least 4 members (excludes halogenated alkanes) is 1. The van der Waals surface area contributed by atoms with Gasteiger partial charge in [-0.15, -0.1) is 5.10 Å². The molecule has 0 aliphatic carbocycles. The molecule has 2 aromatic carbocycles. The molecule has 27 heavy (non-hydrogen) atoms. The smallest absolute Gasteiger partial charge is 0.132 e. The van der Waals surface area contributed by atoms with E-state index in [0.717, 1.165) is 42.7 Å². The van der Waals surface area contributed by atoms with Crippen molar-refractivity contribution in [3.05, 3.63) is 84.3 Å². The average molecular weight is 360 g/mol. The van der Waals surface area contributed by atoms with Gasteiger partial charge in [-0.25, -0.2) is 4.68 Å². The molecule has 2 heterocycles. The quantitative estimate of drug-likeness (QED) is 0.450. The third-order valence-electron chi connectivity index (χ3n) is 4.79. The molecule has 0 saturated heterocycles. The molecule has 0 fully saturated rings. The van der Waals surface area contributed by atoms with Gasteiger partial charge in [-0.05, 0) is 36.2 Å². The van der Waals surface area contributed by atoms with Crippen molar-refractivity contribution in [2.45, 2.75) is 32.5 Å². The number of rotatable bonds is 8. The van der Waals surface area contributed by atoms with Gasteiger partial charge in [-0.3, -0.25) is 4.90 Å². The average Bonchev–Trinajstić information content (AvgIpc) is 3.37. The van der Waals surface area contributed by atoms with Gasteiger partial charge in [0.25, 0.3) is 0 Å². The highest BCUT2D eigenvalue weighted by Gasteiger charge is 2.25. The van der Waals surface area contributed by atoms with Crippen molar-refractivity contribution in [1.82, 2.24) is 19.9 Å². The maximum absolute atomic E-state index is 5.65. The molecular formula is C22H24N4O.